The second kappa shape index (κ2) is 7.02. The van der Waals surface area contributed by atoms with E-state index in [-0.39, 0.29) is 12.0 Å². The Labute approximate surface area is 154 Å². The molecule has 2 amide bonds. The molecule has 0 saturated carbocycles. The van der Waals surface area contributed by atoms with E-state index < -0.39 is 0 Å². The lowest BCUT2D eigenvalue weighted by Crippen LogP contribution is -2.50. The van der Waals surface area contributed by atoms with Gasteiger partial charge in [0, 0.05) is 31.1 Å². The largest absolute Gasteiger partial charge is 0.450 e. The van der Waals surface area contributed by atoms with Crippen LogP contribution in [0.25, 0.3) is 5.00 Å². The third-order valence-electron chi connectivity index (χ3n) is 4.77. The van der Waals surface area contributed by atoms with Crippen LogP contribution in [0.1, 0.15) is 34.1 Å². The second-order valence-electron chi connectivity index (χ2n) is 6.27. The number of piperazine rings is 1. The molecule has 4 rings (SSSR count). The van der Waals surface area contributed by atoms with E-state index >= 15 is 0 Å². The standard InChI is InChI=1S/C16H20N6O3S/c1-2-25-16(24)21-8-6-20(7-9-21)14(23)13-11-4-3-5-12(11)26-15(13)22-10-17-18-19-22/h10H,2-9H2,1H3. The van der Waals surface area contributed by atoms with Crippen molar-refractivity contribution >= 4 is 23.3 Å². The molecule has 0 spiro atoms. The van der Waals surface area contributed by atoms with Crippen LogP contribution >= 0.6 is 11.3 Å². The van der Waals surface area contributed by atoms with Gasteiger partial charge in [0.2, 0.25) is 0 Å². The summed E-state index contributed by atoms with van der Waals surface area (Å²) < 4.78 is 6.61. The van der Waals surface area contributed by atoms with Crippen LogP contribution in [0.4, 0.5) is 4.79 Å². The fraction of sp³-hybridized carbons (Fsp3) is 0.562. The molecule has 0 radical (unpaired) electrons. The number of carbonyl (C=O) groups is 2. The predicted molar refractivity (Wildman–Crippen MR) is 93.6 cm³/mol. The Hall–Kier alpha value is -2.49. The van der Waals surface area contributed by atoms with Gasteiger partial charge in [-0.05, 0) is 42.2 Å². The third kappa shape index (κ3) is 2.94. The smallest absolute Gasteiger partial charge is 0.409 e. The molecule has 2 aromatic heterocycles. The lowest BCUT2D eigenvalue weighted by molar-refractivity contribution is 0.0570. The van der Waals surface area contributed by atoms with Gasteiger partial charge in [0.15, 0.2) is 0 Å². The lowest BCUT2D eigenvalue weighted by atomic mass is 10.1. The number of nitrogens with zero attached hydrogens (tertiary/aromatic N) is 6. The topological polar surface area (TPSA) is 93.5 Å². The first kappa shape index (κ1) is 17.0. The number of aromatic nitrogens is 4. The van der Waals surface area contributed by atoms with Crippen molar-refractivity contribution in [3.05, 3.63) is 22.3 Å². The quantitative estimate of drug-likeness (QED) is 0.797. The van der Waals surface area contributed by atoms with Gasteiger partial charge < -0.3 is 14.5 Å². The predicted octanol–water partition coefficient (Wildman–Crippen LogP) is 1.13. The number of tetrazole rings is 1. The first-order chi connectivity index (χ1) is 12.7. The van der Waals surface area contributed by atoms with E-state index in [1.807, 2.05) is 4.90 Å². The van der Waals surface area contributed by atoms with E-state index in [2.05, 4.69) is 15.5 Å². The van der Waals surface area contributed by atoms with Crippen LogP contribution in [0, 0.1) is 0 Å². The summed E-state index contributed by atoms with van der Waals surface area (Å²) in [7, 11) is 0. The summed E-state index contributed by atoms with van der Waals surface area (Å²) in [6, 6.07) is 0. The summed E-state index contributed by atoms with van der Waals surface area (Å²) in [5, 5.41) is 12.2. The molecule has 0 aromatic carbocycles. The van der Waals surface area contributed by atoms with Crippen molar-refractivity contribution < 1.29 is 14.3 Å². The molecule has 0 unspecified atom stereocenters. The second-order valence-corrected chi connectivity index (χ2v) is 7.35. The van der Waals surface area contributed by atoms with Crippen molar-refractivity contribution in [1.29, 1.82) is 0 Å². The average molecular weight is 376 g/mol. The minimum atomic E-state index is -0.314. The van der Waals surface area contributed by atoms with Crippen LogP contribution in [-0.4, -0.2) is 74.8 Å². The minimum Gasteiger partial charge on any atom is -0.450 e. The highest BCUT2D eigenvalue weighted by molar-refractivity contribution is 7.15. The molecule has 138 valence electrons. The summed E-state index contributed by atoms with van der Waals surface area (Å²) >= 11 is 1.60. The summed E-state index contributed by atoms with van der Waals surface area (Å²) in [5.74, 6) is -0.00147. The first-order valence-electron chi connectivity index (χ1n) is 8.78. The Morgan fingerprint density at radius 3 is 2.65 bits per heavy atom. The zero-order valence-corrected chi connectivity index (χ0v) is 15.4. The molecular weight excluding hydrogens is 356 g/mol. The van der Waals surface area contributed by atoms with Gasteiger partial charge >= 0.3 is 6.09 Å². The Morgan fingerprint density at radius 1 is 1.19 bits per heavy atom. The Morgan fingerprint density at radius 2 is 1.96 bits per heavy atom. The average Bonchev–Trinajstić information content (AvgIpc) is 3.37. The summed E-state index contributed by atoms with van der Waals surface area (Å²) in [6.45, 7) is 4.10. The highest BCUT2D eigenvalue weighted by Crippen LogP contribution is 2.38. The number of hydrogen-bond donors (Lipinski definition) is 0. The highest BCUT2D eigenvalue weighted by Gasteiger charge is 2.32. The van der Waals surface area contributed by atoms with Crippen molar-refractivity contribution in [2.75, 3.05) is 32.8 Å². The first-order valence-corrected chi connectivity index (χ1v) is 9.59. The van der Waals surface area contributed by atoms with Gasteiger partial charge in [-0.25, -0.2) is 4.79 Å². The molecule has 1 aliphatic heterocycles. The van der Waals surface area contributed by atoms with Gasteiger partial charge in [-0.1, -0.05) is 0 Å². The van der Waals surface area contributed by atoms with Crippen molar-refractivity contribution in [2.45, 2.75) is 26.2 Å². The van der Waals surface area contributed by atoms with E-state index in [0.29, 0.717) is 32.8 Å². The van der Waals surface area contributed by atoms with Crippen LogP contribution in [-0.2, 0) is 17.6 Å². The maximum Gasteiger partial charge on any atom is 0.409 e. The zero-order chi connectivity index (χ0) is 18.1. The molecule has 1 saturated heterocycles. The molecule has 9 nitrogen and oxygen atoms in total. The van der Waals surface area contributed by atoms with Crippen molar-refractivity contribution in [2.24, 2.45) is 0 Å². The number of aryl methyl sites for hydroxylation is 1. The van der Waals surface area contributed by atoms with Gasteiger partial charge in [0.05, 0.1) is 12.2 Å². The van der Waals surface area contributed by atoms with Crippen molar-refractivity contribution in [1.82, 2.24) is 30.0 Å². The lowest BCUT2D eigenvalue weighted by Gasteiger charge is -2.34. The molecule has 1 fully saturated rings. The Balaban J connectivity index is 1.55. The number of ether oxygens (including phenoxy) is 1. The number of fused-ring (bicyclic) bond motifs is 1. The van der Waals surface area contributed by atoms with Crippen LogP contribution in [0.15, 0.2) is 6.33 Å². The maximum atomic E-state index is 13.3. The summed E-state index contributed by atoms with van der Waals surface area (Å²) in [6.07, 6.45) is 4.20. The zero-order valence-electron chi connectivity index (χ0n) is 14.6. The summed E-state index contributed by atoms with van der Waals surface area (Å²) in [5.41, 5.74) is 1.86. The maximum absolute atomic E-state index is 13.3. The minimum absolute atomic E-state index is 0.00147. The normalized spacial score (nSPS) is 16.7. The van der Waals surface area contributed by atoms with Crippen molar-refractivity contribution in [3.8, 4) is 5.00 Å². The number of rotatable bonds is 3. The van der Waals surface area contributed by atoms with Gasteiger partial charge in [0.25, 0.3) is 5.91 Å². The monoisotopic (exact) mass is 376 g/mol. The van der Waals surface area contributed by atoms with Crippen LogP contribution in [0.5, 0.6) is 0 Å². The molecule has 1 aliphatic carbocycles. The number of hydrogen-bond acceptors (Lipinski definition) is 7. The SMILES string of the molecule is CCOC(=O)N1CCN(C(=O)c2c(-n3cnnn3)sc3c2CCC3)CC1. The third-order valence-corrected chi connectivity index (χ3v) is 6.05. The molecule has 0 bridgehead atoms. The molecule has 0 N–H and O–H groups in total. The van der Waals surface area contributed by atoms with Gasteiger partial charge in [-0.2, -0.15) is 4.68 Å². The van der Waals surface area contributed by atoms with Gasteiger partial charge in [-0.15, -0.1) is 16.4 Å². The van der Waals surface area contributed by atoms with E-state index in [4.69, 9.17) is 4.74 Å². The van der Waals surface area contributed by atoms with Crippen molar-refractivity contribution in [3.63, 3.8) is 0 Å². The van der Waals surface area contributed by atoms with Crippen LogP contribution < -0.4 is 0 Å². The number of thiophene rings is 1. The molecule has 3 heterocycles. The Kier molecular flexibility index (Phi) is 4.58. The van der Waals surface area contributed by atoms with Crippen LogP contribution in [0.2, 0.25) is 0 Å². The fourth-order valence-corrected chi connectivity index (χ4v) is 4.79. The molecular formula is C16H20N6O3S. The van der Waals surface area contributed by atoms with Gasteiger partial charge in [0.1, 0.15) is 11.3 Å². The molecule has 2 aromatic rings. The van der Waals surface area contributed by atoms with E-state index in [0.717, 1.165) is 35.4 Å². The number of amides is 2. The van der Waals surface area contributed by atoms with Gasteiger partial charge in [-0.3, -0.25) is 4.79 Å². The van der Waals surface area contributed by atoms with Crippen LogP contribution in [0.3, 0.4) is 0 Å². The molecule has 10 heteroatoms. The fourth-order valence-electron chi connectivity index (χ4n) is 3.49. The number of carbonyl (C=O) groups excluding carboxylic acids is 2. The van der Waals surface area contributed by atoms with E-state index in [1.54, 1.807) is 27.8 Å². The summed E-state index contributed by atoms with van der Waals surface area (Å²) in [4.78, 5) is 29.8. The molecule has 0 atom stereocenters. The molecule has 26 heavy (non-hydrogen) atoms. The van der Waals surface area contributed by atoms with E-state index in [9.17, 15) is 9.59 Å². The molecule has 2 aliphatic rings. The Bertz CT molecular complexity index is 810. The van der Waals surface area contributed by atoms with E-state index in [1.165, 1.54) is 11.2 Å². The highest BCUT2D eigenvalue weighted by atomic mass is 32.1.